The Morgan fingerprint density at radius 2 is 1.94 bits per heavy atom. The Labute approximate surface area is 112 Å². The van der Waals surface area contributed by atoms with Crippen LogP contribution in [0.3, 0.4) is 0 Å². The molecule has 1 atom stereocenters. The second kappa shape index (κ2) is 6.55. The van der Waals surface area contributed by atoms with Crippen LogP contribution in [0, 0.1) is 5.41 Å². The van der Waals surface area contributed by atoms with E-state index in [0.29, 0.717) is 24.5 Å². The molecule has 3 heteroatoms. The highest BCUT2D eigenvalue weighted by Crippen LogP contribution is 2.37. The molecule has 0 aromatic carbocycles. The molecule has 0 aromatic heterocycles. The number of ether oxygens (including phenoxy) is 1. The van der Waals surface area contributed by atoms with E-state index in [1.54, 1.807) is 0 Å². The van der Waals surface area contributed by atoms with E-state index >= 15 is 0 Å². The number of rotatable bonds is 5. The van der Waals surface area contributed by atoms with Gasteiger partial charge in [0, 0.05) is 12.1 Å². The van der Waals surface area contributed by atoms with Gasteiger partial charge < -0.3 is 9.64 Å². The molecule has 0 N–H and O–H groups in total. The van der Waals surface area contributed by atoms with Gasteiger partial charge in [-0.3, -0.25) is 4.79 Å². The zero-order chi connectivity index (χ0) is 13.8. The van der Waals surface area contributed by atoms with Crippen LogP contribution in [0.25, 0.3) is 0 Å². The van der Waals surface area contributed by atoms with Crippen molar-refractivity contribution in [2.45, 2.75) is 71.9 Å². The predicted molar refractivity (Wildman–Crippen MR) is 74.5 cm³/mol. The fraction of sp³-hybridized carbons (Fsp3) is 0.933. The summed E-state index contributed by atoms with van der Waals surface area (Å²) in [5, 5.41) is 0. The van der Waals surface area contributed by atoms with Crippen molar-refractivity contribution >= 4 is 5.97 Å². The molecule has 1 aliphatic rings. The summed E-state index contributed by atoms with van der Waals surface area (Å²) in [6.45, 7) is 9.16. The van der Waals surface area contributed by atoms with Crippen molar-refractivity contribution in [1.29, 1.82) is 0 Å². The van der Waals surface area contributed by atoms with E-state index in [1.807, 2.05) is 6.92 Å². The van der Waals surface area contributed by atoms with Crippen molar-refractivity contribution in [3.8, 4) is 0 Å². The molecular weight excluding hydrogens is 226 g/mol. The lowest BCUT2D eigenvalue weighted by molar-refractivity contribution is -0.144. The van der Waals surface area contributed by atoms with E-state index in [1.165, 1.54) is 25.7 Å². The monoisotopic (exact) mass is 255 g/mol. The van der Waals surface area contributed by atoms with E-state index in [-0.39, 0.29) is 12.0 Å². The molecule has 106 valence electrons. The normalized spacial score (nSPS) is 21.9. The maximum atomic E-state index is 11.5. The fourth-order valence-corrected chi connectivity index (χ4v) is 2.76. The van der Waals surface area contributed by atoms with Crippen molar-refractivity contribution in [1.82, 2.24) is 4.90 Å². The van der Waals surface area contributed by atoms with Crippen molar-refractivity contribution in [3.63, 3.8) is 0 Å². The van der Waals surface area contributed by atoms with Crippen LogP contribution in [-0.2, 0) is 9.53 Å². The molecule has 0 amide bonds. The number of carbonyl (C=O) groups excluding carboxylic acids is 1. The molecule has 0 heterocycles. The van der Waals surface area contributed by atoms with Gasteiger partial charge in [0.1, 0.15) is 0 Å². The largest absolute Gasteiger partial charge is 0.466 e. The number of carbonyl (C=O) groups is 1. The Kier molecular flexibility index (Phi) is 5.64. The van der Waals surface area contributed by atoms with E-state index in [0.717, 1.165) is 0 Å². The van der Waals surface area contributed by atoms with Crippen LogP contribution in [0.2, 0.25) is 0 Å². The van der Waals surface area contributed by atoms with Crippen LogP contribution in [0.15, 0.2) is 0 Å². The summed E-state index contributed by atoms with van der Waals surface area (Å²) in [4.78, 5) is 13.9. The van der Waals surface area contributed by atoms with Crippen molar-refractivity contribution in [2.24, 2.45) is 5.41 Å². The summed E-state index contributed by atoms with van der Waals surface area (Å²) in [5.41, 5.74) is 0.502. The first-order valence-corrected chi connectivity index (χ1v) is 7.23. The van der Waals surface area contributed by atoms with Gasteiger partial charge in [0.2, 0.25) is 0 Å². The third-order valence-electron chi connectivity index (χ3n) is 4.35. The third-order valence-corrected chi connectivity index (χ3v) is 4.35. The third kappa shape index (κ3) is 4.60. The SMILES string of the molecule is CCOC(=O)CC(C)N(C)C1CCC(C)(C)CC1. The summed E-state index contributed by atoms with van der Waals surface area (Å²) < 4.78 is 5.02. The zero-order valence-corrected chi connectivity index (χ0v) is 12.7. The minimum Gasteiger partial charge on any atom is -0.466 e. The summed E-state index contributed by atoms with van der Waals surface area (Å²) in [6, 6.07) is 0.901. The van der Waals surface area contributed by atoms with Crippen LogP contribution < -0.4 is 0 Å². The van der Waals surface area contributed by atoms with Gasteiger partial charge in [0.15, 0.2) is 0 Å². The molecule has 0 spiro atoms. The van der Waals surface area contributed by atoms with Crippen molar-refractivity contribution in [2.75, 3.05) is 13.7 Å². The summed E-state index contributed by atoms with van der Waals surface area (Å²) >= 11 is 0. The smallest absolute Gasteiger partial charge is 0.307 e. The van der Waals surface area contributed by atoms with Crippen LogP contribution in [-0.4, -0.2) is 36.6 Å². The quantitative estimate of drug-likeness (QED) is 0.706. The van der Waals surface area contributed by atoms with Gasteiger partial charge in [-0.1, -0.05) is 13.8 Å². The standard InChI is InChI=1S/C15H29NO2/c1-6-18-14(17)11-12(2)16(5)13-7-9-15(3,4)10-8-13/h12-13H,6-11H2,1-5H3. The van der Waals surface area contributed by atoms with Gasteiger partial charge in [-0.15, -0.1) is 0 Å². The topological polar surface area (TPSA) is 29.5 Å². The molecule has 0 saturated heterocycles. The lowest BCUT2D eigenvalue weighted by Crippen LogP contribution is -2.43. The Morgan fingerprint density at radius 1 is 1.39 bits per heavy atom. The molecule has 1 unspecified atom stereocenters. The zero-order valence-electron chi connectivity index (χ0n) is 12.7. The Hall–Kier alpha value is -0.570. The molecular formula is C15H29NO2. The molecule has 3 nitrogen and oxygen atoms in total. The van der Waals surface area contributed by atoms with Gasteiger partial charge in [-0.05, 0) is 52.0 Å². The van der Waals surface area contributed by atoms with E-state index < -0.39 is 0 Å². The summed E-state index contributed by atoms with van der Waals surface area (Å²) in [7, 11) is 2.15. The first-order chi connectivity index (χ1) is 8.35. The average Bonchev–Trinajstić information content (AvgIpc) is 2.28. The van der Waals surface area contributed by atoms with E-state index in [9.17, 15) is 4.79 Å². The molecule has 1 aliphatic carbocycles. The van der Waals surface area contributed by atoms with Crippen LogP contribution in [0.5, 0.6) is 0 Å². The summed E-state index contributed by atoms with van der Waals surface area (Å²) in [5.74, 6) is -0.0759. The number of nitrogens with zero attached hydrogens (tertiary/aromatic N) is 1. The lowest BCUT2D eigenvalue weighted by Gasteiger charge is -2.40. The molecule has 0 aliphatic heterocycles. The van der Waals surface area contributed by atoms with E-state index in [4.69, 9.17) is 4.74 Å². The molecule has 1 fully saturated rings. The second-order valence-corrected chi connectivity index (χ2v) is 6.42. The minimum atomic E-state index is -0.0759. The van der Waals surface area contributed by atoms with Gasteiger partial charge in [-0.25, -0.2) is 0 Å². The van der Waals surface area contributed by atoms with E-state index in [2.05, 4.69) is 32.7 Å². The molecule has 0 aromatic rings. The predicted octanol–water partition coefficient (Wildman–Crippen LogP) is 3.23. The molecule has 1 rings (SSSR count). The average molecular weight is 255 g/mol. The molecule has 0 radical (unpaired) electrons. The van der Waals surface area contributed by atoms with Crippen molar-refractivity contribution in [3.05, 3.63) is 0 Å². The minimum absolute atomic E-state index is 0.0759. The Balaban J connectivity index is 2.40. The molecule has 18 heavy (non-hydrogen) atoms. The van der Waals surface area contributed by atoms with Crippen molar-refractivity contribution < 1.29 is 9.53 Å². The van der Waals surface area contributed by atoms with Gasteiger partial charge in [-0.2, -0.15) is 0 Å². The highest BCUT2D eigenvalue weighted by atomic mass is 16.5. The number of hydrogen-bond acceptors (Lipinski definition) is 3. The van der Waals surface area contributed by atoms with Crippen LogP contribution >= 0.6 is 0 Å². The highest BCUT2D eigenvalue weighted by Gasteiger charge is 2.30. The van der Waals surface area contributed by atoms with Crippen LogP contribution in [0.4, 0.5) is 0 Å². The Morgan fingerprint density at radius 3 is 2.44 bits per heavy atom. The molecule has 0 bridgehead atoms. The van der Waals surface area contributed by atoms with Gasteiger partial charge in [0.05, 0.1) is 13.0 Å². The maximum absolute atomic E-state index is 11.5. The first-order valence-electron chi connectivity index (χ1n) is 7.23. The first kappa shape index (κ1) is 15.5. The maximum Gasteiger partial charge on any atom is 0.307 e. The fourth-order valence-electron chi connectivity index (χ4n) is 2.76. The second-order valence-electron chi connectivity index (χ2n) is 6.42. The Bertz CT molecular complexity index is 266. The van der Waals surface area contributed by atoms with Gasteiger partial charge in [0.25, 0.3) is 0 Å². The lowest BCUT2D eigenvalue weighted by atomic mass is 9.75. The summed E-state index contributed by atoms with van der Waals surface area (Å²) in [6.07, 6.45) is 5.57. The highest BCUT2D eigenvalue weighted by molar-refractivity contribution is 5.70. The molecule has 1 saturated carbocycles. The van der Waals surface area contributed by atoms with Crippen LogP contribution in [0.1, 0.15) is 59.8 Å². The van der Waals surface area contributed by atoms with Gasteiger partial charge >= 0.3 is 5.97 Å². The number of esters is 1. The number of hydrogen-bond donors (Lipinski definition) is 0.